The largest absolute Gasteiger partial charge is 0.473 e. The number of aromatic nitrogens is 3. The molecule has 8 nitrogen and oxygen atoms in total. The van der Waals surface area contributed by atoms with E-state index in [9.17, 15) is 21.6 Å². The van der Waals surface area contributed by atoms with Crippen molar-refractivity contribution in [3.63, 3.8) is 0 Å². The Labute approximate surface area is 169 Å². The Kier molecular flexibility index (Phi) is 5.20. The van der Waals surface area contributed by atoms with Crippen molar-refractivity contribution in [2.24, 2.45) is 0 Å². The summed E-state index contributed by atoms with van der Waals surface area (Å²) in [5.41, 5.74) is 0.223. The number of benzene rings is 1. The van der Waals surface area contributed by atoms with Gasteiger partial charge in [-0.2, -0.15) is 22.5 Å². The van der Waals surface area contributed by atoms with Crippen LogP contribution in [0.4, 0.5) is 13.2 Å². The summed E-state index contributed by atoms with van der Waals surface area (Å²) in [6, 6.07) is 11.0. The highest BCUT2D eigenvalue weighted by Gasteiger charge is 2.38. The average Bonchev–Trinajstić information content (AvgIpc) is 3.39. The Balaban J connectivity index is 1.40. The van der Waals surface area contributed by atoms with Crippen molar-refractivity contribution >= 4 is 10.0 Å². The monoisotopic (exact) mass is 440 g/mol. The van der Waals surface area contributed by atoms with Crippen LogP contribution >= 0.6 is 0 Å². The fourth-order valence-electron chi connectivity index (χ4n) is 2.96. The molecule has 1 atom stereocenters. The first-order valence-electron chi connectivity index (χ1n) is 8.83. The summed E-state index contributed by atoms with van der Waals surface area (Å²) in [5.74, 6) is -1.48. The number of sulfonamides is 1. The van der Waals surface area contributed by atoms with E-state index in [0.717, 1.165) is 0 Å². The summed E-state index contributed by atoms with van der Waals surface area (Å²) < 4.78 is 74.2. The summed E-state index contributed by atoms with van der Waals surface area (Å²) in [6.45, 7) is 0.476. The number of alkyl halides is 3. The lowest BCUT2D eigenvalue weighted by Crippen LogP contribution is -2.31. The van der Waals surface area contributed by atoms with Gasteiger partial charge in [0.25, 0.3) is 0 Å². The zero-order chi connectivity index (χ0) is 21.4. The zero-order valence-corrected chi connectivity index (χ0v) is 16.1. The Morgan fingerprint density at radius 1 is 1.13 bits per heavy atom. The SMILES string of the molecule is O=S(=O)(c1ccccc1)N1CCC(Oc2ccc(-c3noc(C(F)(F)F)n3)cn2)C1. The first kappa shape index (κ1) is 20.3. The standard InChI is InChI=1S/C18H15F3N4O4S/c19-18(20,21)17-23-16(24-29-17)12-6-7-15(22-10-12)28-13-8-9-25(11-13)30(26,27)14-4-2-1-3-5-14/h1-7,10,13H,8-9,11H2. The van der Waals surface area contributed by atoms with Crippen LogP contribution in [0.3, 0.4) is 0 Å². The zero-order valence-electron chi connectivity index (χ0n) is 15.3. The first-order valence-corrected chi connectivity index (χ1v) is 10.3. The van der Waals surface area contributed by atoms with Crippen molar-refractivity contribution in [3.8, 4) is 17.3 Å². The molecule has 158 valence electrons. The van der Waals surface area contributed by atoms with E-state index in [0.29, 0.717) is 13.0 Å². The van der Waals surface area contributed by atoms with Gasteiger partial charge in [0, 0.05) is 24.4 Å². The third-order valence-corrected chi connectivity index (χ3v) is 6.32. The molecule has 0 amide bonds. The molecular formula is C18H15F3N4O4S. The lowest BCUT2D eigenvalue weighted by molar-refractivity contribution is -0.159. The van der Waals surface area contributed by atoms with Gasteiger partial charge in [-0.25, -0.2) is 13.4 Å². The molecule has 1 aliphatic heterocycles. The van der Waals surface area contributed by atoms with E-state index >= 15 is 0 Å². The molecule has 1 aromatic carbocycles. The number of halogens is 3. The number of hydrogen-bond donors (Lipinski definition) is 0. The average molecular weight is 440 g/mol. The minimum Gasteiger partial charge on any atom is -0.473 e. The highest BCUT2D eigenvalue weighted by molar-refractivity contribution is 7.89. The van der Waals surface area contributed by atoms with E-state index in [-0.39, 0.29) is 28.7 Å². The summed E-state index contributed by atoms with van der Waals surface area (Å²) in [6.07, 6.45) is -3.39. The van der Waals surface area contributed by atoms with Crippen LogP contribution in [0.2, 0.25) is 0 Å². The van der Waals surface area contributed by atoms with Gasteiger partial charge in [-0.15, -0.1) is 0 Å². The second-order valence-electron chi connectivity index (χ2n) is 6.51. The second-order valence-corrected chi connectivity index (χ2v) is 8.45. The number of nitrogens with zero attached hydrogens (tertiary/aromatic N) is 4. The van der Waals surface area contributed by atoms with Crippen molar-refractivity contribution < 1.29 is 30.8 Å². The summed E-state index contributed by atoms with van der Waals surface area (Å²) in [5, 5.41) is 3.29. The maximum absolute atomic E-state index is 12.7. The topological polar surface area (TPSA) is 98.4 Å². The van der Waals surface area contributed by atoms with Gasteiger partial charge < -0.3 is 9.26 Å². The predicted molar refractivity (Wildman–Crippen MR) is 96.8 cm³/mol. The first-order chi connectivity index (χ1) is 14.2. The van der Waals surface area contributed by atoms with Gasteiger partial charge >= 0.3 is 12.1 Å². The number of ether oxygens (including phenoxy) is 1. The van der Waals surface area contributed by atoms with Gasteiger partial charge in [0.15, 0.2) is 0 Å². The minimum absolute atomic E-state index is 0.167. The molecule has 3 aromatic rings. The lowest BCUT2D eigenvalue weighted by atomic mass is 10.2. The molecule has 0 bridgehead atoms. The highest BCUT2D eigenvalue weighted by Crippen LogP contribution is 2.29. The summed E-state index contributed by atoms with van der Waals surface area (Å²) in [4.78, 5) is 7.55. The molecule has 2 aromatic heterocycles. The molecule has 1 aliphatic rings. The molecule has 12 heteroatoms. The van der Waals surface area contributed by atoms with Crippen LogP contribution in [0, 0.1) is 0 Å². The van der Waals surface area contributed by atoms with Crippen LogP contribution < -0.4 is 4.74 Å². The van der Waals surface area contributed by atoms with Crippen LogP contribution in [-0.4, -0.2) is 47.0 Å². The normalized spacial score (nSPS) is 17.9. The van der Waals surface area contributed by atoms with Gasteiger partial charge in [-0.05, 0) is 24.6 Å². The van der Waals surface area contributed by atoms with Crippen LogP contribution in [0.15, 0.2) is 58.1 Å². The van der Waals surface area contributed by atoms with Gasteiger partial charge in [0.1, 0.15) is 6.10 Å². The number of pyridine rings is 1. The molecule has 1 fully saturated rings. The quantitative estimate of drug-likeness (QED) is 0.602. The fourth-order valence-corrected chi connectivity index (χ4v) is 4.47. The molecule has 1 unspecified atom stereocenters. The smallest absolute Gasteiger partial charge is 0.471 e. The molecule has 1 saturated heterocycles. The van der Waals surface area contributed by atoms with Crippen molar-refractivity contribution in [1.29, 1.82) is 0 Å². The van der Waals surface area contributed by atoms with Crippen molar-refractivity contribution in [3.05, 3.63) is 54.6 Å². The Hall–Kier alpha value is -2.99. The Morgan fingerprint density at radius 2 is 1.90 bits per heavy atom. The van der Waals surface area contributed by atoms with E-state index in [1.54, 1.807) is 18.2 Å². The fraction of sp³-hybridized carbons (Fsp3) is 0.278. The highest BCUT2D eigenvalue weighted by atomic mass is 32.2. The Bertz CT molecular complexity index is 1120. The summed E-state index contributed by atoms with van der Waals surface area (Å²) >= 11 is 0. The molecular weight excluding hydrogens is 425 g/mol. The number of rotatable bonds is 5. The van der Waals surface area contributed by atoms with Crippen LogP contribution in [-0.2, 0) is 16.2 Å². The van der Waals surface area contributed by atoms with Crippen molar-refractivity contribution in [2.75, 3.05) is 13.1 Å². The van der Waals surface area contributed by atoms with Crippen LogP contribution in [0.1, 0.15) is 12.3 Å². The Morgan fingerprint density at radius 3 is 2.53 bits per heavy atom. The van der Waals surface area contributed by atoms with E-state index in [1.165, 1.54) is 34.8 Å². The van der Waals surface area contributed by atoms with Gasteiger partial charge in [-0.1, -0.05) is 23.4 Å². The molecule has 0 radical (unpaired) electrons. The van der Waals surface area contributed by atoms with Gasteiger partial charge in [0.2, 0.25) is 21.7 Å². The molecule has 0 spiro atoms. The van der Waals surface area contributed by atoms with Crippen molar-refractivity contribution in [2.45, 2.75) is 23.6 Å². The van der Waals surface area contributed by atoms with E-state index in [2.05, 4.69) is 19.6 Å². The molecule has 4 rings (SSSR count). The van der Waals surface area contributed by atoms with Gasteiger partial charge in [-0.3, -0.25) is 0 Å². The van der Waals surface area contributed by atoms with Crippen molar-refractivity contribution in [1.82, 2.24) is 19.4 Å². The lowest BCUT2D eigenvalue weighted by Gasteiger charge is -2.17. The molecule has 30 heavy (non-hydrogen) atoms. The number of hydrogen-bond acceptors (Lipinski definition) is 7. The molecule has 3 heterocycles. The second kappa shape index (κ2) is 7.69. The summed E-state index contributed by atoms with van der Waals surface area (Å²) in [7, 11) is -3.60. The van der Waals surface area contributed by atoms with Gasteiger partial charge in [0.05, 0.1) is 11.4 Å². The third-order valence-electron chi connectivity index (χ3n) is 4.44. The van der Waals surface area contributed by atoms with E-state index < -0.39 is 28.2 Å². The van der Waals surface area contributed by atoms with E-state index in [1.807, 2.05) is 0 Å². The third kappa shape index (κ3) is 4.14. The maximum atomic E-state index is 12.7. The van der Waals surface area contributed by atoms with Crippen LogP contribution in [0.25, 0.3) is 11.4 Å². The molecule has 0 saturated carbocycles. The molecule has 0 aliphatic carbocycles. The molecule has 0 N–H and O–H groups in total. The predicted octanol–water partition coefficient (Wildman–Crippen LogP) is 2.99. The van der Waals surface area contributed by atoms with Crippen LogP contribution in [0.5, 0.6) is 5.88 Å². The minimum atomic E-state index is -4.73. The van der Waals surface area contributed by atoms with E-state index in [4.69, 9.17) is 4.74 Å². The maximum Gasteiger partial charge on any atom is 0.471 e.